The van der Waals surface area contributed by atoms with E-state index in [1.165, 1.54) is 32.1 Å². The van der Waals surface area contributed by atoms with Crippen molar-refractivity contribution < 1.29 is 0 Å². The average Bonchev–Trinajstić information content (AvgIpc) is 2.24. The van der Waals surface area contributed by atoms with Crippen LogP contribution >= 0.6 is 0 Å². The second-order valence-electron chi connectivity index (χ2n) is 4.69. The summed E-state index contributed by atoms with van der Waals surface area (Å²) in [6, 6.07) is 7.23. The molecule has 1 heteroatoms. The van der Waals surface area contributed by atoms with Gasteiger partial charge in [0, 0.05) is 6.04 Å². The van der Waals surface area contributed by atoms with Crippen LogP contribution in [-0.4, -0.2) is 6.04 Å². The molecule has 2 atom stereocenters. The van der Waals surface area contributed by atoms with Crippen LogP contribution in [0.4, 0.5) is 0 Å². The van der Waals surface area contributed by atoms with Gasteiger partial charge in [-0.25, -0.2) is 0 Å². The van der Waals surface area contributed by atoms with E-state index in [1.807, 2.05) is 0 Å². The predicted octanol–water partition coefficient (Wildman–Crippen LogP) is 2.38. The van der Waals surface area contributed by atoms with Gasteiger partial charge in [-0.15, -0.1) is 0 Å². The van der Waals surface area contributed by atoms with E-state index in [2.05, 4.69) is 18.2 Å². The van der Waals surface area contributed by atoms with Gasteiger partial charge in [0.25, 0.3) is 0 Å². The van der Waals surface area contributed by atoms with Crippen molar-refractivity contribution in [2.45, 2.75) is 44.1 Å². The Morgan fingerprint density at radius 2 is 1.86 bits per heavy atom. The van der Waals surface area contributed by atoms with Crippen LogP contribution in [-0.2, 0) is 12.8 Å². The summed E-state index contributed by atoms with van der Waals surface area (Å²) in [7, 11) is 0. The summed E-state index contributed by atoms with van der Waals surface area (Å²) in [4.78, 5) is 0. The molecule has 2 unspecified atom stereocenters. The number of nitrogens with two attached hydrogens (primary N) is 1. The summed E-state index contributed by atoms with van der Waals surface area (Å²) in [5.41, 5.74) is 11.0. The van der Waals surface area contributed by atoms with Crippen molar-refractivity contribution in [2.75, 3.05) is 0 Å². The lowest BCUT2D eigenvalue weighted by atomic mass is 9.71. The molecule has 1 aromatic rings. The lowest BCUT2D eigenvalue weighted by Gasteiger charge is -2.36. The van der Waals surface area contributed by atoms with E-state index in [0.29, 0.717) is 12.0 Å². The standard InChI is InChI=1S/C13H17N/c14-12-8-7-10-4-1-3-9-5-2-6-11(12)13(9)10/h1,3-4,11-12H,2,5-8,14H2. The normalized spacial score (nSPS) is 29.8. The van der Waals surface area contributed by atoms with Crippen molar-refractivity contribution in [3.63, 3.8) is 0 Å². The third kappa shape index (κ3) is 1.12. The quantitative estimate of drug-likeness (QED) is 0.663. The van der Waals surface area contributed by atoms with Crippen molar-refractivity contribution >= 4 is 0 Å². The Morgan fingerprint density at radius 3 is 2.71 bits per heavy atom. The topological polar surface area (TPSA) is 26.0 Å². The maximum absolute atomic E-state index is 6.21. The van der Waals surface area contributed by atoms with E-state index in [4.69, 9.17) is 5.73 Å². The Kier molecular flexibility index (Phi) is 1.88. The van der Waals surface area contributed by atoms with Crippen molar-refractivity contribution in [1.29, 1.82) is 0 Å². The van der Waals surface area contributed by atoms with Crippen LogP contribution in [0.3, 0.4) is 0 Å². The summed E-state index contributed by atoms with van der Waals surface area (Å²) in [6.45, 7) is 0. The molecule has 14 heavy (non-hydrogen) atoms. The molecule has 1 nitrogen and oxygen atoms in total. The zero-order valence-electron chi connectivity index (χ0n) is 8.50. The maximum Gasteiger partial charge on any atom is 0.0111 e. The molecule has 0 bridgehead atoms. The first kappa shape index (κ1) is 8.49. The van der Waals surface area contributed by atoms with Gasteiger partial charge >= 0.3 is 0 Å². The molecule has 0 fully saturated rings. The molecule has 0 amide bonds. The minimum absolute atomic E-state index is 0.420. The Labute approximate surface area is 85.3 Å². The van der Waals surface area contributed by atoms with E-state index >= 15 is 0 Å². The zero-order valence-corrected chi connectivity index (χ0v) is 8.50. The van der Waals surface area contributed by atoms with Crippen LogP contribution in [0.5, 0.6) is 0 Å². The Morgan fingerprint density at radius 1 is 1.07 bits per heavy atom. The van der Waals surface area contributed by atoms with Crippen LogP contribution in [0.15, 0.2) is 18.2 Å². The Balaban J connectivity index is 2.17. The number of benzene rings is 1. The molecule has 1 aromatic carbocycles. The SMILES string of the molecule is NC1CCc2cccc3c2C1CCC3. The second kappa shape index (κ2) is 3.09. The van der Waals surface area contributed by atoms with Crippen molar-refractivity contribution in [3.8, 4) is 0 Å². The number of aryl methyl sites for hydroxylation is 2. The minimum Gasteiger partial charge on any atom is -0.327 e. The lowest BCUT2D eigenvalue weighted by Crippen LogP contribution is -2.35. The van der Waals surface area contributed by atoms with Gasteiger partial charge in [0.15, 0.2) is 0 Å². The van der Waals surface area contributed by atoms with E-state index in [-0.39, 0.29) is 0 Å². The van der Waals surface area contributed by atoms with Gasteiger partial charge < -0.3 is 5.73 Å². The van der Waals surface area contributed by atoms with Gasteiger partial charge in [0.1, 0.15) is 0 Å². The number of hydrogen-bond acceptors (Lipinski definition) is 1. The zero-order chi connectivity index (χ0) is 9.54. The third-order valence-electron chi connectivity index (χ3n) is 3.88. The predicted molar refractivity (Wildman–Crippen MR) is 58.4 cm³/mol. The smallest absolute Gasteiger partial charge is 0.0111 e. The molecule has 2 aliphatic rings. The molecule has 0 aliphatic heterocycles. The fourth-order valence-electron chi connectivity index (χ4n) is 3.19. The van der Waals surface area contributed by atoms with Crippen LogP contribution in [0.25, 0.3) is 0 Å². The molecule has 0 radical (unpaired) electrons. The molecule has 3 rings (SSSR count). The molecule has 0 spiro atoms. The van der Waals surface area contributed by atoms with E-state index in [0.717, 1.165) is 0 Å². The summed E-state index contributed by atoms with van der Waals surface area (Å²) in [5, 5.41) is 0. The monoisotopic (exact) mass is 187 g/mol. The van der Waals surface area contributed by atoms with Gasteiger partial charge in [-0.3, -0.25) is 0 Å². The molecule has 0 saturated carbocycles. The first-order valence-electron chi connectivity index (χ1n) is 5.72. The summed E-state index contributed by atoms with van der Waals surface area (Å²) < 4.78 is 0. The molecule has 74 valence electrons. The highest BCUT2D eigenvalue weighted by Gasteiger charge is 2.30. The summed E-state index contributed by atoms with van der Waals surface area (Å²) >= 11 is 0. The number of rotatable bonds is 0. The highest BCUT2D eigenvalue weighted by atomic mass is 14.7. The van der Waals surface area contributed by atoms with E-state index in [9.17, 15) is 0 Å². The van der Waals surface area contributed by atoms with Crippen molar-refractivity contribution in [2.24, 2.45) is 5.73 Å². The third-order valence-corrected chi connectivity index (χ3v) is 3.88. The van der Waals surface area contributed by atoms with Crippen molar-refractivity contribution in [3.05, 3.63) is 34.9 Å². The van der Waals surface area contributed by atoms with Crippen LogP contribution in [0.2, 0.25) is 0 Å². The highest BCUT2D eigenvalue weighted by molar-refractivity contribution is 5.42. The first-order valence-corrected chi connectivity index (χ1v) is 5.72. The van der Waals surface area contributed by atoms with Gasteiger partial charge in [-0.05, 0) is 54.7 Å². The first-order chi connectivity index (χ1) is 6.86. The lowest BCUT2D eigenvalue weighted by molar-refractivity contribution is 0.417. The van der Waals surface area contributed by atoms with Gasteiger partial charge in [-0.2, -0.15) is 0 Å². The average molecular weight is 187 g/mol. The fourth-order valence-corrected chi connectivity index (χ4v) is 3.19. The van der Waals surface area contributed by atoms with E-state index < -0.39 is 0 Å². The Hall–Kier alpha value is -0.820. The summed E-state index contributed by atoms with van der Waals surface area (Å²) in [5.74, 6) is 0.670. The van der Waals surface area contributed by atoms with Crippen LogP contribution < -0.4 is 5.73 Å². The van der Waals surface area contributed by atoms with Gasteiger partial charge in [-0.1, -0.05) is 18.2 Å². The van der Waals surface area contributed by atoms with Gasteiger partial charge in [0.2, 0.25) is 0 Å². The van der Waals surface area contributed by atoms with Gasteiger partial charge in [0.05, 0.1) is 0 Å². The fraction of sp³-hybridized carbons (Fsp3) is 0.538. The molecular formula is C13H17N. The molecule has 2 aliphatic carbocycles. The van der Waals surface area contributed by atoms with Crippen molar-refractivity contribution in [1.82, 2.24) is 0 Å². The van der Waals surface area contributed by atoms with Crippen LogP contribution in [0, 0.1) is 0 Å². The number of hydrogen-bond donors (Lipinski definition) is 1. The molecule has 0 aromatic heterocycles. The Bertz CT molecular complexity index is 342. The van der Waals surface area contributed by atoms with Crippen LogP contribution in [0.1, 0.15) is 41.9 Å². The molecule has 0 saturated heterocycles. The molecule has 0 heterocycles. The molecule has 2 N–H and O–H groups in total. The molecular weight excluding hydrogens is 170 g/mol. The summed E-state index contributed by atoms with van der Waals surface area (Å²) in [6.07, 6.45) is 6.29. The maximum atomic E-state index is 6.21. The highest BCUT2D eigenvalue weighted by Crippen LogP contribution is 2.40. The largest absolute Gasteiger partial charge is 0.327 e. The second-order valence-corrected chi connectivity index (χ2v) is 4.69. The minimum atomic E-state index is 0.420. The van der Waals surface area contributed by atoms with E-state index in [1.54, 1.807) is 16.7 Å².